The lowest BCUT2D eigenvalue weighted by atomic mass is 9.56. The molecule has 4 nitrogen and oxygen atoms in total. The summed E-state index contributed by atoms with van der Waals surface area (Å²) in [5.74, 6) is 3.89. The number of nitrogens with one attached hydrogen (secondary N) is 1. The van der Waals surface area contributed by atoms with E-state index in [0.717, 1.165) is 45.7 Å². The first-order chi connectivity index (χ1) is 15.7. The van der Waals surface area contributed by atoms with E-state index in [4.69, 9.17) is 4.98 Å². The predicted molar refractivity (Wildman–Crippen MR) is 131 cm³/mol. The molecule has 7 rings (SSSR count). The lowest BCUT2D eigenvalue weighted by Crippen LogP contribution is -2.48. The summed E-state index contributed by atoms with van der Waals surface area (Å²) in [6, 6.07) is 13.7. The van der Waals surface area contributed by atoms with Crippen LogP contribution in [-0.2, 0) is 0 Å². The molecule has 32 heavy (non-hydrogen) atoms. The third-order valence-corrected chi connectivity index (χ3v) is 9.22. The molecule has 4 saturated carbocycles. The van der Waals surface area contributed by atoms with E-state index in [1.807, 2.05) is 42.5 Å². The maximum Gasteiger partial charge on any atom is 0.252 e. The molecule has 1 amide bonds. The first-order valence-electron chi connectivity index (χ1n) is 11.9. The summed E-state index contributed by atoms with van der Waals surface area (Å²) in [7, 11) is 0. The zero-order valence-electron chi connectivity index (χ0n) is 18.3. The largest absolute Gasteiger partial charge is 0.351 e. The summed E-state index contributed by atoms with van der Waals surface area (Å²) in [6.45, 7) is 0.712. The standard InChI is InChI=1S/C27H29N3OS/c31-26(29-8-9-32-27-14-18-10-19(15-27)12-20(11-18)16-27)23-13-25(21-4-3-7-28-17-21)30-24-6-2-1-5-22(23)24/h1-7,13,17-20H,8-12,14-16H2,(H,29,31). The fourth-order valence-electron chi connectivity index (χ4n) is 6.76. The highest BCUT2D eigenvalue weighted by atomic mass is 32.2. The van der Waals surface area contributed by atoms with Crippen molar-refractivity contribution in [3.8, 4) is 11.3 Å². The molecule has 4 fully saturated rings. The summed E-state index contributed by atoms with van der Waals surface area (Å²) >= 11 is 2.14. The van der Waals surface area contributed by atoms with Gasteiger partial charge in [0.25, 0.3) is 5.91 Å². The molecule has 0 radical (unpaired) electrons. The summed E-state index contributed by atoms with van der Waals surface area (Å²) in [6.07, 6.45) is 12.2. The molecule has 0 saturated heterocycles. The number of para-hydroxylation sites is 1. The molecule has 164 valence electrons. The maximum absolute atomic E-state index is 13.2. The molecule has 0 aliphatic heterocycles. The van der Waals surface area contributed by atoms with Gasteiger partial charge < -0.3 is 5.32 Å². The van der Waals surface area contributed by atoms with E-state index in [9.17, 15) is 4.79 Å². The highest BCUT2D eigenvalue weighted by molar-refractivity contribution is 8.00. The number of pyridine rings is 2. The van der Waals surface area contributed by atoms with Crippen molar-refractivity contribution in [3.05, 3.63) is 60.4 Å². The van der Waals surface area contributed by atoms with E-state index in [-0.39, 0.29) is 5.91 Å². The van der Waals surface area contributed by atoms with Crippen molar-refractivity contribution in [2.45, 2.75) is 43.3 Å². The molecule has 0 atom stereocenters. The lowest BCUT2D eigenvalue weighted by molar-refractivity contribution is 0.0383. The van der Waals surface area contributed by atoms with Gasteiger partial charge in [-0.2, -0.15) is 11.8 Å². The Morgan fingerprint density at radius 1 is 1.03 bits per heavy atom. The van der Waals surface area contributed by atoms with E-state index in [1.165, 1.54) is 38.5 Å². The van der Waals surface area contributed by atoms with Gasteiger partial charge in [0.15, 0.2) is 0 Å². The van der Waals surface area contributed by atoms with Crippen molar-refractivity contribution >= 4 is 28.6 Å². The van der Waals surface area contributed by atoms with Gasteiger partial charge in [0.2, 0.25) is 0 Å². The van der Waals surface area contributed by atoms with Crippen LogP contribution in [0.1, 0.15) is 48.9 Å². The minimum Gasteiger partial charge on any atom is -0.351 e. The second kappa shape index (κ2) is 8.18. The average molecular weight is 444 g/mol. The first kappa shape index (κ1) is 20.2. The second-order valence-corrected chi connectivity index (χ2v) is 11.6. The number of thioether (sulfide) groups is 1. The molecule has 0 spiro atoms. The Bertz CT molecular complexity index is 1110. The second-order valence-electron chi connectivity index (χ2n) is 10.0. The van der Waals surface area contributed by atoms with Gasteiger partial charge in [0.05, 0.1) is 16.8 Å². The summed E-state index contributed by atoms with van der Waals surface area (Å²) in [5.41, 5.74) is 3.23. The number of rotatable bonds is 6. The normalized spacial score (nSPS) is 28.2. The van der Waals surface area contributed by atoms with Crippen LogP contribution in [0.2, 0.25) is 0 Å². The number of nitrogens with zero attached hydrogens (tertiary/aromatic N) is 2. The average Bonchev–Trinajstić information content (AvgIpc) is 2.81. The van der Waals surface area contributed by atoms with Crippen molar-refractivity contribution < 1.29 is 4.79 Å². The van der Waals surface area contributed by atoms with Gasteiger partial charge in [-0.1, -0.05) is 18.2 Å². The summed E-state index contributed by atoms with van der Waals surface area (Å²) in [4.78, 5) is 22.2. The Morgan fingerprint density at radius 2 is 1.78 bits per heavy atom. The van der Waals surface area contributed by atoms with E-state index in [1.54, 1.807) is 12.4 Å². The fraction of sp³-hybridized carbons (Fsp3) is 0.444. The molecule has 5 heteroatoms. The topological polar surface area (TPSA) is 54.9 Å². The molecule has 4 aliphatic rings. The van der Waals surface area contributed by atoms with E-state index in [0.29, 0.717) is 16.9 Å². The van der Waals surface area contributed by atoms with Crippen LogP contribution in [0.4, 0.5) is 0 Å². The number of hydrogen-bond acceptors (Lipinski definition) is 4. The van der Waals surface area contributed by atoms with E-state index in [2.05, 4.69) is 22.1 Å². The van der Waals surface area contributed by atoms with Crippen LogP contribution in [0, 0.1) is 17.8 Å². The van der Waals surface area contributed by atoms with Crippen LogP contribution < -0.4 is 5.32 Å². The number of fused-ring (bicyclic) bond motifs is 1. The van der Waals surface area contributed by atoms with Gasteiger partial charge in [-0.15, -0.1) is 0 Å². The number of hydrogen-bond donors (Lipinski definition) is 1. The van der Waals surface area contributed by atoms with Gasteiger partial charge in [-0.05, 0) is 80.5 Å². The van der Waals surface area contributed by atoms with Crippen molar-refractivity contribution in [1.82, 2.24) is 15.3 Å². The van der Waals surface area contributed by atoms with Gasteiger partial charge in [-0.25, -0.2) is 4.98 Å². The highest BCUT2D eigenvalue weighted by Gasteiger charge is 2.50. The summed E-state index contributed by atoms with van der Waals surface area (Å²) < 4.78 is 0.496. The molecular formula is C27H29N3OS. The Labute approximate surface area is 193 Å². The smallest absolute Gasteiger partial charge is 0.252 e. The Hall–Kier alpha value is -2.40. The SMILES string of the molecule is O=C(NCCSC12CC3CC(CC(C3)C1)C2)c1cc(-c2cccnc2)nc2ccccc12. The van der Waals surface area contributed by atoms with Crippen LogP contribution in [0.3, 0.4) is 0 Å². The monoisotopic (exact) mass is 443 g/mol. The molecule has 2 heterocycles. The number of amides is 1. The zero-order valence-corrected chi connectivity index (χ0v) is 19.1. The Balaban J connectivity index is 1.16. The van der Waals surface area contributed by atoms with Crippen LogP contribution in [0.15, 0.2) is 54.9 Å². The van der Waals surface area contributed by atoms with Crippen LogP contribution in [0.25, 0.3) is 22.2 Å². The van der Waals surface area contributed by atoms with Crippen molar-refractivity contribution in [2.75, 3.05) is 12.3 Å². The molecule has 4 aliphatic carbocycles. The predicted octanol–water partition coefficient (Wildman–Crippen LogP) is 5.73. The molecule has 1 N–H and O–H groups in total. The van der Waals surface area contributed by atoms with Crippen LogP contribution in [0.5, 0.6) is 0 Å². The fourth-order valence-corrected chi connectivity index (χ4v) is 8.46. The number of benzene rings is 1. The number of aromatic nitrogens is 2. The highest BCUT2D eigenvalue weighted by Crippen LogP contribution is 2.60. The van der Waals surface area contributed by atoms with Gasteiger partial charge in [0.1, 0.15) is 0 Å². The molecule has 2 aromatic heterocycles. The third-order valence-electron chi connectivity index (χ3n) is 7.70. The molecule has 0 unspecified atom stereocenters. The Kier molecular flexibility index (Phi) is 5.17. The maximum atomic E-state index is 13.2. The summed E-state index contributed by atoms with van der Waals surface area (Å²) in [5, 5.41) is 4.09. The molecule has 4 bridgehead atoms. The van der Waals surface area contributed by atoms with Crippen molar-refractivity contribution in [1.29, 1.82) is 0 Å². The lowest BCUT2D eigenvalue weighted by Gasteiger charge is -2.56. The van der Waals surface area contributed by atoms with Gasteiger partial charge >= 0.3 is 0 Å². The van der Waals surface area contributed by atoms with Crippen molar-refractivity contribution in [2.24, 2.45) is 17.8 Å². The van der Waals surface area contributed by atoms with Crippen LogP contribution >= 0.6 is 11.8 Å². The number of carbonyl (C=O) groups is 1. The molecular weight excluding hydrogens is 414 g/mol. The molecule has 3 aromatic rings. The van der Waals surface area contributed by atoms with Gasteiger partial charge in [-0.3, -0.25) is 9.78 Å². The van der Waals surface area contributed by atoms with E-state index < -0.39 is 0 Å². The minimum absolute atomic E-state index is 0.0140. The zero-order chi connectivity index (χ0) is 21.5. The number of carbonyl (C=O) groups excluding carboxylic acids is 1. The molecule has 1 aromatic carbocycles. The van der Waals surface area contributed by atoms with Crippen molar-refractivity contribution in [3.63, 3.8) is 0 Å². The third kappa shape index (κ3) is 3.81. The van der Waals surface area contributed by atoms with E-state index >= 15 is 0 Å². The van der Waals surface area contributed by atoms with Crippen LogP contribution in [-0.4, -0.2) is 32.9 Å². The quantitative estimate of drug-likeness (QED) is 0.495. The minimum atomic E-state index is -0.0140. The first-order valence-corrected chi connectivity index (χ1v) is 12.9. The Morgan fingerprint density at radius 3 is 2.50 bits per heavy atom. The van der Waals surface area contributed by atoms with Gasteiger partial charge in [0, 0.05) is 40.4 Å².